The quantitative estimate of drug-likeness (QED) is 0.377. The molecule has 0 fully saturated rings. The Balaban J connectivity index is 4.18. The van der Waals surface area contributed by atoms with E-state index < -0.39 is 19.7 Å². The monoisotopic (exact) mass is 200 g/mol. The highest BCUT2D eigenvalue weighted by molar-refractivity contribution is 7.54. The molecule has 0 aromatic carbocycles. The van der Waals surface area contributed by atoms with Crippen LogP contribution in [-0.2, 0) is 28.5 Å². The van der Waals surface area contributed by atoms with Crippen molar-refractivity contribution in [1.82, 2.24) is 0 Å². The average molecular weight is 200 g/mol. The highest BCUT2D eigenvalue weighted by atomic mass is 31.2. The van der Waals surface area contributed by atoms with Crippen LogP contribution in [0.15, 0.2) is 0 Å². The third-order valence-corrected chi connectivity index (χ3v) is 2.12. The van der Waals surface area contributed by atoms with Crippen LogP contribution in [0.5, 0.6) is 0 Å². The normalized spacial score (nSPS) is 11.5. The van der Waals surface area contributed by atoms with Crippen LogP contribution >= 0.6 is 7.60 Å². The summed E-state index contributed by atoms with van der Waals surface area (Å²) in [4.78, 5) is 18.2. The molecule has 0 heterocycles. The maximum Gasteiger partial charge on any atom is 0.395 e. The van der Waals surface area contributed by atoms with Gasteiger partial charge in [0, 0.05) is 0 Å². The molecule has 8 heteroatoms. The lowest BCUT2D eigenvalue weighted by atomic mass is 10.8. The Kier molecular flexibility index (Phi) is 5.03. The molecule has 0 radical (unpaired) electrons. The molecule has 72 valence electrons. The molecule has 0 aromatic rings. The number of carbonyl (C=O) groups is 1. The minimum absolute atomic E-state index is 0.825. The molecule has 0 unspecified atom stereocenters. The van der Waals surface area contributed by atoms with E-state index in [0.29, 0.717) is 0 Å². The molecule has 0 bridgehead atoms. The summed E-state index contributed by atoms with van der Waals surface area (Å²) in [5, 5.41) is 8.26. The van der Waals surface area contributed by atoms with Crippen LogP contribution in [0.4, 0.5) is 0 Å². The van der Waals surface area contributed by atoms with Gasteiger partial charge in [-0.25, -0.2) is 9.78 Å². The Labute approximate surface area is 68.6 Å². The largest absolute Gasteiger partial charge is 0.481 e. The van der Waals surface area contributed by atoms with Crippen LogP contribution in [0.2, 0.25) is 0 Å². The lowest BCUT2D eigenvalue weighted by molar-refractivity contribution is -0.242. The fourth-order valence-electron chi connectivity index (χ4n) is 0.458. The zero-order valence-corrected chi connectivity index (χ0v) is 7.45. The molecule has 7 nitrogen and oxygen atoms in total. The summed E-state index contributed by atoms with van der Waals surface area (Å²) in [5.74, 6) is -1.34. The van der Waals surface area contributed by atoms with Crippen LogP contribution in [-0.4, -0.2) is 31.5 Å². The van der Waals surface area contributed by atoms with Crippen molar-refractivity contribution in [3.05, 3.63) is 0 Å². The summed E-state index contributed by atoms with van der Waals surface area (Å²) in [6, 6.07) is 0. The van der Waals surface area contributed by atoms with Crippen molar-refractivity contribution in [3.63, 3.8) is 0 Å². The molecule has 0 saturated carbocycles. The fraction of sp³-hybridized carbons (Fsp3) is 0.750. The van der Waals surface area contributed by atoms with Crippen molar-refractivity contribution in [1.29, 1.82) is 0 Å². The molecule has 0 spiro atoms. The molecule has 0 rings (SSSR count). The second kappa shape index (κ2) is 5.23. The molecule has 0 amide bonds. The van der Waals surface area contributed by atoms with Gasteiger partial charge in [0.05, 0.1) is 14.2 Å². The highest BCUT2D eigenvalue weighted by Crippen LogP contribution is 2.47. The van der Waals surface area contributed by atoms with Crippen LogP contribution in [0.25, 0.3) is 0 Å². The SMILES string of the molecule is COOP(=O)(CC(=O)O)OOC. The van der Waals surface area contributed by atoms with Gasteiger partial charge in [-0.1, -0.05) is 0 Å². The molecule has 0 atom stereocenters. The van der Waals surface area contributed by atoms with E-state index in [1.807, 2.05) is 0 Å². The Morgan fingerprint density at radius 3 is 2.00 bits per heavy atom. The van der Waals surface area contributed by atoms with Crippen molar-refractivity contribution < 1.29 is 33.6 Å². The number of carboxylic acid groups (broad SMARTS) is 1. The molecular weight excluding hydrogens is 191 g/mol. The van der Waals surface area contributed by atoms with Crippen LogP contribution in [0.1, 0.15) is 0 Å². The second-order valence-corrected chi connectivity index (χ2v) is 3.48. The van der Waals surface area contributed by atoms with E-state index in [-0.39, 0.29) is 0 Å². The standard InChI is InChI=1S/C4H9O7P/c1-8-10-12(7,11-9-2)3-4(5)6/h3H2,1-2H3,(H,5,6). The minimum atomic E-state index is -3.82. The van der Waals surface area contributed by atoms with Crippen molar-refractivity contribution in [3.8, 4) is 0 Å². The summed E-state index contributed by atoms with van der Waals surface area (Å²) >= 11 is 0. The Morgan fingerprint density at radius 2 is 1.75 bits per heavy atom. The molecule has 0 aliphatic carbocycles. The van der Waals surface area contributed by atoms with Gasteiger partial charge < -0.3 is 5.11 Å². The zero-order valence-electron chi connectivity index (χ0n) is 6.55. The fourth-order valence-corrected chi connectivity index (χ4v) is 1.37. The Hall–Kier alpha value is -0.460. The highest BCUT2D eigenvalue weighted by Gasteiger charge is 2.30. The topological polar surface area (TPSA) is 91.3 Å². The van der Waals surface area contributed by atoms with Gasteiger partial charge in [0.2, 0.25) is 0 Å². The number of rotatable bonds is 6. The maximum atomic E-state index is 11.1. The first-order chi connectivity index (χ1) is 5.54. The average Bonchev–Trinajstić information content (AvgIpc) is 1.85. The second-order valence-electron chi connectivity index (χ2n) is 1.65. The van der Waals surface area contributed by atoms with E-state index in [2.05, 4.69) is 19.1 Å². The maximum absolute atomic E-state index is 11.1. The van der Waals surface area contributed by atoms with Crippen LogP contribution in [0, 0.1) is 0 Å². The van der Waals surface area contributed by atoms with Crippen LogP contribution < -0.4 is 0 Å². The molecule has 1 N–H and O–H groups in total. The first-order valence-corrected chi connectivity index (χ1v) is 4.52. The van der Waals surface area contributed by atoms with Crippen molar-refractivity contribution in [2.45, 2.75) is 0 Å². The number of hydrogen-bond acceptors (Lipinski definition) is 6. The van der Waals surface area contributed by atoms with Gasteiger partial charge in [-0.15, -0.1) is 9.35 Å². The van der Waals surface area contributed by atoms with Gasteiger partial charge >= 0.3 is 13.6 Å². The van der Waals surface area contributed by atoms with Gasteiger partial charge in [-0.3, -0.25) is 9.36 Å². The summed E-state index contributed by atoms with van der Waals surface area (Å²) in [7, 11) is -1.67. The first-order valence-electron chi connectivity index (χ1n) is 2.80. The molecule has 12 heavy (non-hydrogen) atoms. The Bertz CT molecular complexity index is 180. The van der Waals surface area contributed by atoms with Gasteiger partial charge in [-0.05, 0) is 0 Å². The third-order valence-electron chi connectivity index (χ3n) is 0.705. The van der Waals surface area contributed by atoms with Crippen molar-refractivity contribution in [2.24, 2.45) is 0 Å². The lowest BCUT2D eigenvalue weighted by Gasteiger charge is -2.10. The number of hydrogen-bond donors (Lipinski definition) is 1. The predicted octanol–water partition coefficient (Wildman–Crippen LogP) is 0.420. The van der Waals surface area contributed by atoms with E-state index in [1.165, 1.54) is 0 Å². The van der Waals surface area contributed by atoms with Crippen molar-refractivity contribution in [2.75, 3.05) is 20.4 Å². The molecule has 0 aliphatic heterocycles. The van der Waals surface area contributed by atoms with E-state index in [9.17, 15) is 9.36 Å². The lowest BCUT2D eigenvalue weighted by Crippen LogP contribution is -2.07. The third kappa shape index (κ3) is 4.42. The number of carboxylic acids is 1. The van der Waals surface area contributed by atoms with E-state index in [4.69, 9.17) is 5.11 Å². The number of aliphatic carboxylic acids is 1. The minimum Gasteiger partial charge on any atom is -0.481 e. The van der Waals surface area contributed by atoms with Gasteiger partial charge in [0.15, 0.2) is 6.16 Å². The smallest absolute Gasteiger partial charge is 0.395 e. The van der Waals surface area contributed by atoms with E-state index in [1.54, 1.807) is 0 Å². The zero-order chi connectivity index (χ0) is 9.61. The molecule has 0 aliphatic rings. The van der Waals surface area contributed by atoms with Crippen molar-refractivity contribution >= 4 is 13.6 Å². The van der Waals surface area contributed by atoms with Gasteiger partial charge in [0.25, 0.3) is 0 Å². The predicted molar refractivity (Wildman–Crippen MR) is 36.3 cm³/mol. The summed E-state index contributed by atoms with van der Waals surface area (Å²) in [5.41, 5.74) is 0. The molecular formula is C4H9O7P. The van der Waals surface area contributed by atoms with E-state index in [0.717, 1.165) is 14.2 Å². The molecule has 0 saturated heterocycles. The summed E-state index contributed by atoms with van der Waals surface area (Å²) in [6.07, 6.45) is -0.825. The van der Waals surface area contributed by atoms with Crippen LogP contribution in [0.3, 0.4) is 0 Å². The Morgan fingerprint density at radius 1 is 1.33 bits per heavy atom. The molecule has 0 aromatic heterocycles. The van der Waals surface area contributed by atoms with Gasteiger partial charge in [-0.2, -0.15) is 0 Å². The summed E-state index contributed by atoms with van der Waals surface area (Å²) < 4.78 is 19.4. The van der Waals surface area contributed by atoms with E-state index >= 15 is 0 Å². The first kappa shape index (κ1) is 11.5. The van der Waals surface area contributed by atoms with Gasteiger partial charge in [0.1, 0.15) is 0 Å². The summed E-state index contributed by atoms with van der Waals surface area (Å²) in [6.45, 7) is 0.